The molecule has 0 spiro atoms. The van der Waals surface area contributed by atoms with E-state index in [-0.39, 0.29) is 47.9 Å². The Bertz CT molecular complexity index is 2110. The number of phenols is 2. The number of rotatable bonds is 6. The van der Waals surface area contributed by atoms with Gasteiger partial charge < -0.3 is 19.7 Å². The van der Waals surface area contributed by atoms with E-state index < -0.39 is 0 Å². The molecule has 2 heterocycles. The Kier molecular flexibility index (Phi) is 9.66. The Morgan fingerprint density at radius 3 is 1.31 bits per heavy atom. The number of nitrogens with zero attached hydrogens (tertiary/aromatic N) is 2. The van der Waals surface area contributed by atoms with Crippen LogP contribution >= 0.6 is 23.2 Å². The molecule has 0 amide bonds. The Labute approximate surface area is 325 Å². The maximum atomic E-state index is 10.6. The number of hydrogen-bond acceptors (Lipinski definition) is 6. The van der Waals surface area contributed by atoms with E-state index in [4.69, 9.17) is 32.7 Å². The molecule has 0 radical (unpaired) electrons. The highest BCUT2D eigenvalue weighted by molar-refractivity contribution is 6.31. The molecule has 2 N–H and O–H groups in total. The fourth-order valence-corrected chi connectivity index (χ4v) is 9.37. The molecule has 2 aliphatic carbocycles. The van der Waals surface area contributed by atoms with Crippen LogP contribution in [0.5, 0.6) is 11.5 Å². The van der Waals surface area contributed by atoms with E-state index in [0.29, 0.717) is 23.5 Å². The second kappa shape index (κ2) is 14.9. The highest BCUT2D eigenvalue weighted by Gasteiger charge is 2.47. The normalized spacial score (nSPS) is 22.4. The first-order valence-electron chi connectivity index (χ1n) is 18.4. The topological polar surface area (TPSA) is 65.4 Å². The molecule has 10 rings (SSSR count). The molecule has 54 heavy (non-hydrogen) atoms. The number of ether oxygens (including phenoxy) is 2. The van der Waals surface area contributed by atoms with Gasteiger partial charge in [0.15, 0.2) is 0 Å². The maximum absolute atomic E-state index is 10.6. The summed E-state index contributed by atoms with van der Waals surface area (Å²) in [6.45, 7) is 1.05. The van der Waals surface area contributed by atoms with Gasteiger partial charge in [0.2, 0.25) is 0 Å². The summed E-state index contributed by atoms with van der Waals surface area (Å²) in [6.07, 6.45) is 2.16. The first kappa shape index (κ1) is 35.1. The molecule has 272 valence electrons. The Hall–Kier alpha value is -4.66. The second-order valence-corrected chi connectivity index (χ2v) is 15.3. The molecule has 8 heteroatoms. The minimum atomic E-state index is -0.133. The summed E-state index contributed by atoms with van der Waals surface area (Å²) in [5.74, 6) is 0.506. The van der Waals surface area contributed by atoms with Crippen LogP contribution in [0.3, 0.4) is 0 Å². The first-order chi connectivity index (χ1) is 26.4. The zero-order chi connectivity index (χ0) is 36.8. The number of hydrogen-bond donors (Lipinski definition) is 2. The monoisotopic (exact) mass is 754 g/mol. The smallest absolute Gasteiger partial charge is 0.120 e. The lowest BCUT2D eigenvalue weighted by atomic mass is 9.94. The third-order valence-corrected chi connectivity index (χ3v) is 11.8. The van der Waals surface area contributed by atoms with Gasteiger partial charge in [0.1, 0.15) is 25.0 Å². The predicted octanol–water partition coefficient (Wildman–Crippen LogP) is 10.2. The molecular formula is C46H40Cl2N2O4. The number of halogens is 2. The summed E-state index contributed by atoms with van der Waals surface area (Å²) in [5.41, 5.74) is 9.18. The van der Waals surface area contributed by atoms with Gasteiger partial charge in [-0.3, -0.25) is 9.80 Å². The van der Waals surface area contributed by atoms with Crippen molar-refractivity contribution < 1.29 is 19.7 Å². The Morgan fingerprint density at radius 1 is 0.500 bits per heavy atom. The van der Waals surface area contributed by atoms with E-state index in [2.05, 4.69) is 82.6 Å². The van der Waals surface area contributed by atoms with Crippen molar-refractivity contribution in [2.75, 3.05) is 13.5 Å². The van der Waals surface area contributed by atoms with Gasteiger partial charge in [-0.15, -0.1) is 0 Å². The predicted molar refractivity (Wildman–Crippen MR) is 212 cm³/mol. The van der Waals surface area contributed by atoms with Gasteiger partial charge >= 0.3 is 0 Å². The molecule has 6 atom stereocenters. The van der Waals surface area contributed by atoms with Crippen LogP contribution in [0.15, 0.2) is 146 Å². The molecule has 2 saturated heterocycles. The van der Waals surface area contributed by atoms with Crippen molar-refractivity contribution in [2.45, 2.75) is 49.2 Å². The summed E-state index contributed by atoms with van der Waals surface area (Å²) in [7, 11) is 0. The van der Waals surface area contributed by atoms with Gasteiger partial charge in [-0.2, -0.15) is 0 Å². The molecule has 0 unspecified atom stereocenters. The van der Waals surface area contributed by atoms with Crippen molar-refractivity contribution in [1.82, 2.24) is 9.80 Å². The van der Waals surface area contributed by atoms with Crippen LogP contribution in [0.2, 0.25) is 10.0 Å². The van der Waals surface area contributed by atoms with Crippen molar-refractivity contribution in [3.8, 4) is 11.5 Å². The molecule has 0 saturated carbocycles. The third-order valence-electron chi connectivity index (χ3n) is 11.3. The van der Waals surface area contributed by atoms with Crippen LogP contribution < -0.4 is 0 Å². The Balaban J connectivity index is 0.000000142. The molecule has 2 aliphatic heterocycles. The van der Waals surface area contributed by atoms with Crippen molar-refractivity contribution in [3.05, 3.63) is 200 Å². The maximum Gasteiger partial charge on any atom is 0.120 e. The minimum Gasteiger partial charge on any atom is -0.508 e. The van der Waals surface area contributed by atoms with E-state index in [1.807, 2.05) is 48.5 Å². The summed E-state index contributed by atoms with van der Waals surface area (Å²) in [4.78, 5) is 4.69. The van der Waals surface area contributed by atoms with Crippen LogP contribution in [-0.4, -0.2) is 45.7 Å². The van der Waals surface area contributed by atoms with Crippen molar-refractivity contribution in [3.63, 3.8) is 0 Å². The fraction of sp³-hybridized carbons (Fsp3) is 0.217. The van der Waals surface area contributed by atoms with E-state index in [9.17, 15) is 10.2 Å². The van der Waals surface area contributed by atoms with Gasteiger partial charge in [0.05, 0.1) is 36.4 Å². The van der Waals surface area contributed by atoms with Crippen molar-refractivity contribution in [1.29, 1.82) is 0 Å². The standard InChI is InChI=1S/2C23H20ClNO2/c2*24-17-10-11-20(26)19(13-17)22(15-6-2-1-3-7-15)25-14-27-21-12-16-8-4-5-9-18(16)23(21)25/h2*1-11,13,21-23,26H,12,14H2/t2*21-,22-,23+/m11/s1. The van der Waals surface area contributed by atoms with Crippen molar-refractivity contribution >= 4 is 23.2 Å². The molecule has 2 fully saturated rings. The number of phenolic OH excluding ortho intramolecular Hbond substituents is 2. The summed E-state index contributed by atoms with van der Waals surface area (Å²) >= 11 is 12.6. The van der Waals surface area contributed by atoms with Crippen LogP contribution in [-0.2, 0) is 22.3 Å². The average Bonchev–Trinajstić information content (AvgIpc) is 3.98. The average molecular weight is 756 g/mol. The van der Waals surface area contributed by atoms with Gasteiger partial charge in [-0.25, -0.2) is 0 Å². The minimum absolute atomic E-state index is 0.133. The summed E-state index contributed by atoms with van der Waals surface area (Å²) in [5, 5.41) is 22.5. The van der Waals surface area contributed by atoms with Crippen molar-refractivity contribution in [2.24, 2.45) is 0 Å². The zero-order valence-electron chi connectivity index (χ0n) is 29.5. The van der Waals surface area contributed by atoms with Crippen LogP contribution in [0, 0.1) is 0 Å². The quantitative estimate of drug-likeness (QED) is 0.177. The van der Waals surface area contributed by atoms with Crippen LogP contribution in [0.25, 0.3) is 0 Å². The second-order valence-electron chi connectivity index (χ2n) is 14.4. The molecule has 6 aromatic rings. The van der Waals surface area contributed by atoms with Gasteiger partial charge in [-0.05, 0) is 69.8 Å². The molecule has 0 aromatic heterocycles. The van der Waals surface area contributed by atoms with Gasteiger partial charge in [0.25, 0.3) is 0 Å². The van der Waals surface area contributed by atoms with E-state index >= 15 is 0 Å². The van der Waals surface area contributed by atoms with Crippen LogP contribution in [0.1, 0.15) is 68.7 Å². The lowest BCUT2D eigenvalue weighted by molar-refractivity contribution is 0.0820. The zero-order valence-corrected chi connectivity index (χ0v) is 31.0. The highest BCUT2D eigenvalue weighted by Crippen LogP contribution is 2.50. The highest BCUT2D eigenvalue weighted by atomic mass is 35.5. The summed E-state index contributed by atoms with van der Waals surface area (Å²) < 4.78 is 12.4. The van der Waals surface area contributed by atoms with E-state index in [0.717, 1.165) is 35.1 Å². The van der Waals surface area contributed by atoms with Gasteiger partial charge in [0, 0.05) is 34.0 Å². The molecule has 6 nitrogen and oxygen atoms in total. The van der Waals surface area contributed by atoms with E-state index in [1.165, 1.54) is 22.3 Å². The Morgan fingerprint density at radius 2 is 0.889 bits per heavy atom. The fourth-order valence-electron chi connectivity index (χ4n) is 9.01. The molecule has 6 aromatic carbocycles. The lowest BCUT2D eigenvalue weighted by Gasteiger charge is -2.33. The van der Waals surface area contributed by atoms with Crippen LogP contribution in [0.4, 0.5) is 0 Å². The SMILES string of the molecule is Oc1ccc(Cl)cc1[C@@H](c1ccccc1)N1CO[C@@H]2Cc3ccccc3[C@@H]21.Oc1ccc(Cl)cc1[C@@H](c1ccccc1)N1CO[C@@H]2Cc3ccccc3[C@@H]21. The first-order valence-corrected chi connectivity index (χ1v) is 19.2. The lowest BCUT2D eigenvalue weighted by Crippen LogP contribution is -2.30. The number of benzene rings is 6. The largest absolute Gasteiger partial charge is 0.508 e. The third kappa shape index (κ3) is 6.47. The molecule has 0 bridgehead atoms. The molecule has 4 aliphatic rings. The number of aromatic hydroxyl groups is 2. The summed E-state index contributed by atoms with van der Waals surface area (Å²) in [6, 6.07) is 48.2. The molecular weight excluding hydrogens is 715 g/mol. The van der Waals surface area contributed by atoms with E-state index in [1.54, 1.807) is 24.3 Å². The van der Waals surface area contributed by atoms with Gasteiger partial charge in [-0.1, -0.05) is 132 Å². The number of fused-ring (bicyclic) bond motifs is 6.